The minimum Gasteiger partial charge on any atom is -0.507 e. The lowest BCUT2D eigenvalue weighted by atomic mass is 9.97. The third kappa shape index (κ3) is 7.73. The van der Waals surface area contributed by atoms with Gasteiger partial charge in [0.05, 0.1) is 0 Å². The molecular formula is C37H52N6O5. The molecule has 4 aliphatic rings. The fourth-order valence-corrected chi connectivity index (χ4v) is 7.85. The molecule has 1 atom stereocenters. The van der Waals surface area contributed by atoms with Crippen LogP contribution in [0.15, 0.2) is 36.4 Å². The topological polar surface area (TPSA) is 109 Å². The summed E-state index contributed by atoms with van der Waals surface area (Å²) in [7, 11) is 2.16. The van der Waals surface area contributed by atoms with Crippen LogP contribution in [0.3, 0.4) is 0 Å². The number of ether oxygens (including phenoxy) is 1. The van der Waals surface area contributed by atoms with Gasteiger partial charge in [-0.05, 0) is 80.8 Å². The van der Waals surface area contributed by atoms with Gasteiger partial charge < -0.3 is 34.8 Å². The largest absolute Gasteiger partial charge is 0.507 e. The number of phenolic OH excluding ortho intramolecular Hbond substituents is 1. The third-order valence-electron chi connectivity index (χ3n) is 10.9. The van der Waals surface area contributed by atoms with Crippen LogP contribution in [0.2, 0.25) is 0 Å². The van der Waals surface area contributed by atoms with E-state index in [1.54, 1.807) is 4.90 Å². The standard InChI is InChI=1S/C37H52N6O5/c1-4-28-24-27(23-26(2)34(28)44)25-33(35(45)41-14-10-30(11-15-41)40-21-19-39(3)20-22-40)48-37(47)42-16-12-31(13-17-42)43-18-9-29-7-5-6-8-32(29)38-36(43)46/h5-8,23-24,30-31,33,44H,4,9-22,25H2,1-3H3,(H,38,46)/t33-/m1/s1. The Morgan fingerprint density at radius 1 is 0.917 bits per heavy atom. The van der Waals surface area contributed by atoms with Crippen molar-refractivity contribution in [1.82, 2.24) is 24.5 Å². The molecule has 2 aromatic carbocycles. The van der Waals surface area contributed by atoms with E-state index >= 15 is 0 Å². The molecule has 0 aromatic heterocycles. The van der Waals surface area contributed by atoms with E-state index in [0.717, 1.165) is 73.4 Å². The van der Waals surface area contributed by atoms with E-state index in [1.165, 1.54) is 0 Å². The molecule has 11 heteroatoms. The van der Waals surface area contributed by atoms with Gasteiger partial charge in [-0.2, -0.15) is 0 Å². The van der Waals surface area contributed by atoms with Crippen LogP contribution in [0.5, 0.6) is 5.75 Å². The number of nitrogens with one attached hydrogen (secondary N) is 1. The number of hydrogen-bond acceptors (Lipinski definition) is 7. The second-order valence-electron chi connectivity index (χ2n) is 14.0. The Kier molecular flexibility index (Phi) is 10.8. The Morgan fingerprint density at radius 2 is 1.58 bits per heavy atom. The number of hydrogen-bond donors (Lipinski definition) is 2. The molecule has 2 aromatic rings. The molecule has 0 unspecified atom stereocenters. The van der Waals surface area contributed by atoms with Crippen molar-refractivity contribution < 1.29 is 24.2 Å². The molecule has 0 saturated carbocycles. The van der Waals surface area contributed by atoms with Crippen molar-refractivity contribution in [2.75, 3.05) is 71.3 Å². The molecule has 4 aliphatic heterocycles. The average molecular weight is 661 g/mol. The number of aryl methyl sites for hydroxylation is 2. The summed E-state index contributed by atoms with van der Waals surface area (Å²) in [5, 5.41) is 13.6. The summed E-state index contributed by atoms with van der Waals surface area (Å²) >= 11 is 0. The molecule has 2 N–H and O–H groups in total. The number of likely N-dealkylation sites (N-methyl/N-ethyl adjacent to an activating group) is 1. The lowest BCUT2D eigenvalue weighted by molar-refractivity contribution is -0.142. The van der Waals surface area contributed by atoms with E-state index in [4.69, 9.17) is 4.74 Å². The van der Waals surface area contributed by atoms with Gasteiger partial charge in [0.25, 0.3) is 5.91 Å². The summed E-state index contributed by atoms with van der Waals surface area (Å²) in [6.07, 6.45) is 3.37. The number of aromatic hydroxyl groups is 1. The van der Waals surface area contributed by atoms with Crippen molar-refractivity contribution in [3.8, 4) is 5.75 Å². The second-order valence-corrected chi connectivity index (χ2v) is 14.0. The number of phenols is 1. The van der Waals surface area contributed by atoms with E-state index in [2.05, 4.69) is 22.2 Å². The first-order chi connectivity index (χ1) is 23.2. The number of piperazine rings is 1. The van der Waals surface area contributed by atoms with Gasteiger partial charge in [-0.3, -0.25) is 9.69 Å². The molecule has 11 nitrogen and oxygen atoms in total. The second kappa shape index (κ2) is 15.2. The zero-order valence-electron chi connectivity index (χ0n) is 28.8. The number of rotatable bonds is 7. The quantitative estimate of drug-likeness (QED) is 0.461. The lowest BCUT2D eigenvalue weighted by Gasteiger charge is -2.42. The molecule has 4 heterocycles. The van der Waals surface area contributed by atoms with Crippen LogP contribution in [0, 0.1) is 6.92 Å². The molecule has 260 valence electrons. The zero-order valence-corrected chi connectivity index (χ0v) is 28.8. The van der Waals surface area contributed by atoms with Gasteiger partial charge in [-0.15, -0.1) is 0 Å². The van der Waals surface area contributed by atoms with Crippen LogP contribution in [0.25, 0.3) is 0 Å². The van der Waals surface area contributed by atoms with Gasteiger partial charge in [0.15, 0.2) is 6.10 Å². The summed E-state index contributed by atoms with van der Waals surface area (Å²) < 4.78 is 6.10. The number of carbonyl (C=O) groups is 3. The monoisotopic (exact) mass is 660 g/mol. The highest BCUT2D eigenvalue weighted by Gasteiger charge is 2.36. The maximum absolute atomic E-state index is 14.1. The fourth-order valence-electron chi connectivity index (χ4n) is 7.85. The van der Waals surface area contributed by atoms with Crippen LogP contribution >= 0.6 is 0 Å². The van der Waals surface area contributed by atoms with Crippen molar-refractivity contribution >= 4 is 23.7 Å². The molecular weight excluding hydrogens is 608 g/mol. The molecule has 0 spiro atoms. The van der Waals surface area contributed by atoms with Crippen LogP contribution in [0.4, 0.5) is 15.3 Å². The fraction of sp³-hybridized carbons (Fsp3) is 0.595. The summed E-state index contributed by atoms with van der Waals surface area (Å²) in [5.74, 6) is 0.122. The molecule has 3 fully saturated rings. The summed E-state index contributed by atoms with van der Waals surface area (Å²) in [4.78, 5) is 51.2. The first-order valence-corrected chi connectivity index (χ1v) is 17.8. The number of nitrogens with zero attached hydrogens (tertiary/aromatic N) is 5. The number of urea groups is 1. The number of benzene rings is 2. The lowest BCUT2D eigenvalue weighted by Crippen LogP contribution is -2.54. The van der Waals surface area contributed by atoms with Crippen molar-refractivity contribution in [3.05, 3.63) is 58.7 Å². The van der Waals surface area contributed by atoms with Crippen molar-refractivity contribution in [2.24, 2.45) is 0 Å². The van der Waals surface area contributed by atoms with Gasteiger partial charge in [0.2, 0.25) is 0 Å². The van der Waals surface area contributed by atoms with E-state index in [1.807, 2.05) is 60.0 Å². The maximum Gasteiger partial charge on any atom is 0.410 e. The Morgan fingerprint density at radius 3 is 2.29 bits per heavy atom. The van der Waals surface area contributed by atoms with Gasteiger partial charge in [-0.25, -0.2) is 9.59 Å². The van der Waals surface area contributed by atoms with Crippen LogP contribution in [-0.2, 0) is 28.8 Å². The minimum atomic E-state index is -0.959. The van der Waals surface area contributed by atoms with Crippen LogP contribution < -0.4 is 5.32 Å². The van der Waals surface area contributed by atoms with Gasteiger partial charge in [0.1, 0.15) is 5.75 Å². The highest BCUT2D eigenvalue weighted by molar-refractivity contribution is 5.91. The third-order valence-corrected chi connectivity index (χ3v) is 10.9. The number of para-hydroxylation sites is 1. The summed E-state index contributed by atoms with van der Waals surface area (Å²) in [6.45, 7) is 10.9. The van der Waals surface area contributed by atoms with E-state index in [9.17, 15) is 19.5 Å². The van der Waals surface area contributed by atoms with Crippen molar-refractivity contribution in [2.45, 2.75) is 77.0 Å². The molecule has 0 aliphatic carbocycles. The molecule has 3 saturated heterocycles. The zero-order chi connectivity index (χ0) is 33.8. The van der Waals surface area contributed by atoms with Crippen molar-refractivity contribution in [3.63, 3.8) is 0 Å². The summed E-state index contributed by atoms with van der Waals surface area (Å²) in [6, 6.07) is 12.1. The highest BCUT2D eigenvalue weighted by Crippen LogP contribution is 2.28. The predicted molar refractivity (Wildman–Crippen MR) is 185 cm³/mol. The highest BCUT2D eigenvalue weighted by atomic mass is 16.6. The van der Waals surface area contributed by atoms with E-state index in [0.29, 0.717) is 58.0 Å². The first kappa shape index (κ1) is 34.0. The molecule has 0 radical (unpaired) electrons. The summed E-state index contributed by atoms with van der Waals surface area (Å²) in [5.41, 5.74) is 4.42. The Labute approximate surface area is 284 Å². The van der Waals surface area contributed by atoms with Gasteiger partial charge >= 0.3 is 12.1 Å². The molecule has 4 amide bonds. The van der Waals surface area contributed by atoms with E-state index in [-0.39, 0.29) is 30.2 Å². The number of carbonyl (C=O) groups excluding carboxylic acids is 3. The molecule has 48 heavy (non-hydrogen) atoms. The Bertz CT molecular complexity index is 1460. The van der Waals surface area contributed by atoms with E-state index < -0.39 is 12.2 Å². The number of likely N-dealkylation sites (tertiary alicyclic amines) is 2. The van der Waals surface area contributed by atoms with Gasteiger partial charge in [0, 0.05) is 83.1 Å². The Hall–Kier alpha value is -3.83. The molecule has 0 bridgehead atoms. The smallest absolute Gasteiger partial charge is 0.410 e. The number of amides is 4. The first-order valence-electron chi connectivity index (χ1n) is 17.8. The van der Waals surface area contributed by atoms with Crippen molar-refractivity contribution in [1.29, 1.82) is 0 Å². The van der Waals surface area contributed by atoms with Crippen LogP contribution in [0.1, 0.15) is 54.9 Å². The number of anilines is 1. The van der Waals surface area contributed by atoms with Crippen LogP contribution in [-0.4, -0.2) is 132 Å². The molecule has 6 rings (SSSR count). The number of piperidine rings is 2. The Balaban J connectivity index is 1.09. The SMILES string of the molecule is CCc1cc(C[C@@H](OC(=O)N2CCC(N3CCc4ccccc4NC3=O)CC2)C(=O)N2CCC(N3CCN(C)CC3)CC2)cc(C)c1O. The average Bonchev–Trinajstić information content (AvgIpc) is 3.27. The van der Waals surface area contributed by atoms with Gasteiger partial charge in [-0.1, -0.05) is 37.3 Å². The predicted octanol–water partition coefficient (Wildman–Crippen LogP) is 4.10. The minimum absolute atomic E-state index is 0.0230. The number of fused-ring (bicyclic) bond motifs is 1. The normalized spacial score (nSPS) is 21.0. The maximum atomic E-state index is 14.1.